The van der Waals surface area contributed by atoms with Crippen molar-refractivity contribution in [2.45, 2.75) is 20.3 Å². The highest BCUT2D eigenvalue weighted by Gasteiger charge is 2.18. The highest BCUT2D eigenvalue weighted by molar-refractivity contribution is 5.92. The molecule has 2 aromatic rings. The van der Waals surface area contributed by atoms with Crippen LogP contribution >= 0.6 is 0 Å². The number of amides is 1. The maximum atomic E-state index is 12.3. The van der Waals surface area contributed by atoms with Gasteiger partial charge in [-0.2, -0.15) is 0 Å². The number of carbonyl (C=O) groups excluding carboxylic acids is 1. The minimum absolute atomic E-state index is 0.0195. The third-order valence-electron chi connectivity index (χ3n) is 3.33. The molecule has 0 fully saturated rings. The van der Waals surface area contributed by atoms with Gasteiger partial charge in [0.1, 0.15) is 0 Å². The lowest BCUT2D eigenvalue weighted by molar-refractivity contribution is -0.120. The number of carbonyl (C=O) groups is 1. The van der Waals surface area contributed by atoms with Crippen molar-refractivity contribution in [2.75, 3.05) is 11.9 Å². The van der Waals surface area contributed by atoms with Crippen LogP contribution in [0.5, 0.6) is 0 Å². The van der Waals surface area contributed by atoms with Gasteiger partial charge in [-0.05, 0) is 30.5 Å². The molecule has 0 aliphatic carbocycles. The maximum absolute atomic E-state index is 12.3. The number of imidazole rings is 1. The molecule has 0 bridgehead atoms. The van der Waals surface area contributed by atoms with E-state index in [1.807, 2.05) is 35.0 Å². The summed E-state index contributed by atoms with van der Waals surface area (Å²) in [6.45, 7) is 4.55. The van der Waals surface area contributed by atoms with E-state index in [-0.39, 0.29) is 11.8 Å². The molecule has 1 unspecified atom stereocenters. The summed E-state index contributed by atoms with van der Waals surface area (Å²) in [6, 6.07) is 7.67. The SMILES string of the molecule is CC(C)CC(CN)C(=O)Nc1cccc(-n2ccnc2)c1. The number of rotatable bonds is 6. The molecule has 21 heavy (non-hydrogen) atoms. The molecule has 0 radical (unpaired) electrons. The molecule has 112 valence electrons. The fourth-order valence-electron chi connectivity index (χ4n) is 2.28. The Hall–Kier alpha value is -2.14. The van der Waals surface area contributed by atoms with E-state index >= 15 is 0 Å². The molecule has 1 heterocycles. The zero-order valence-electron chi connectivity index (χ0n) is 12.5. The standard InChI is InChI=1S/C16H22N4O/c1-12(2)8-13(10-17)16(21)19-14-4-3-5-15(9-14)20-7-6-18-11-20/h3-7,9,11-13H,8,10,17H2,1-2H3,(H,19,21). The summed E-state index contributed by atoms with van der Waals surface area (Å²) in [4.78, 5) is 16.3. The number of nitrogens with one attached hydrogen (secondary N) is 1. The molecule has 0 aliphatic rings. The highest BCUT2D eigenvalue weighted by Crippen LogP contribution is 2.17. The van der Waals surface area contributed by atoms with Gasteiger partial charge in [0.25, 0.3) is 0 Å². The summed E-state index contributed by atoms with van der Waals surface area (Å²) in [5.74, 6) is 0.275. The second-order valence-electron chi connectivity index (χ2n) is 5.57. The molecule has 0 aliphatic heterocycles. The Balaban J connectivity index is 2.09. The van der Waals surface area contributed by atoms with Gasteiger partial charge in [0, 0.05) is 30.3 Å². The Kier molecular flexibility index (Phi) is 5.11. The Morgan fingerprint density at radius 2 is 2.24 bits per heavy atom. The van der Waals surface area contributed by atoms with E-state index in [0.29, 0.717) is 12.5 Å². The normalized spacial score (nSPS) is 12.4. The average Bonchev–Trinajstić information content (AvgIpc) is 2.99. The molecule has 0 saturated carbocycles. The lowest BCUT2D eigenvalue weighted by Crippen LogP contribution is -2.30. The van der Waals surface area contributed by atoms with E-state index in [2.05, 4.69) is 24.1 Å². The summed E-state index contributed by atoms with van der Waals surface area (Å²) >= 11 is 0. The predicted molar refractivity (Wildman–Crippen MR) is 84.2 cm³/mol. The first kappa shape index (κ1) is 15.3. The average molecular weight is 286 g/mol. The van der Waals surface area contributed by atoms with Gasteiger partial charge in [-0.25, -0.2) is 4.98 Å². The fourth-order valence-corrected chi connectivity index (χ4v) is 2.28. The van der Waals surface area contributed by atoms with Crippen LogP contribution in [-0.4, -0.2) is 22.0 Å². The number of anilines is 1. The first-order valence-electron chi connectivity index (χ1n) is 7.19. The van der Waals surface area contributed by atoms with Crippen LogP contribution in [0.3, 0.4) is 0 Å². The summed E-state index contributed by atoms with van der Waals surface area (Å²) in [6.07, 6.45) is 6.10. The van der Waals surface area contributed by atoms with E-state index in [9.17, 15) is 4.79 Å². The van der Waals surface area contributed by atoms with Gasteiger partial charge in [0.2, 0.25) is 5.91 Å². The van der Waals surface area contributed by atoms with Gasteiger partial charge < -0.3 is 15.6 Å². The quantitative estimate of drug-likeness (QED) is 0.856. The second kappa shape index (κ2) is 7.04. The minimum Gasteiger partial charge on any atom is -0.330 e. The van der Waals surface area contributed by atoms with Crippen LogP contribution in [0.4, 0.5) is 5.69 Å². The van der Waals surface area contributed by atoms with E-state index < -0.39 is 0 Å². The molecule has 0 spiro atoms. The van der Waals surface area contributed by atoms with Crippen LogP contribution < -0.4 is 11.1 Å². The zero-order chi connectivity index (χ0) is 15.2. The van der Waals surface area contributed by atoms with Gasteiger partial charge in [-0.15, -0.1) is 0 Å². The highest BCUT2D eigenvalue weighted by atomic mass is 16.1. The van der Waals surface area contributed by atoms with Crippen molar-refractivity contribution in [2.24, 2.45) is 17.6 Å². The number of hydrogen-bond acceptors (Lipinski definition) is 3. The summed E-state index contributed by atoms with van der Waals surface area (Å²) in [5.41, 5.74) is 7.44. The van der Waals surface area contributed by atoms with Crippen LogP contribution in [0.15, 0.2) is 43.0 Å². The number of aromatic nitrogens is 2. The lowest BCUT2D eigenvalue weighted by atomic mass is 9.96. The zero-order valence-corrected chi connectivity index (χ0v) is 12.5. The molecule has 5 nitrogen and oxygen atoms in total. The lowest BCUT2D eigenvalue weighted by Gasteiger charge is -2.17. The summed E-state index contributed by atoms with van der Waals surface area (Å²) < 4.78 is 1.89. The van der Waals surface area contributed by atoms with E-state index in [0.717, 1.165) is 17.8 Å². The Morgan fingerprint density at radius 3 is 2.86 bits per heavy atom. The summed E-state index contributed by atoms with van der Waals surface area (Å²) in [7, 11) is 0. The molecule has 1 atom stereocenters. The minimum atomic E-state index is -0.151. The molecular formula is C16H22N4O. The largest absolute Gasteiger partial charge is 0.330 e. The Morgan fingerprint density at radius 1 is 1.43 bits per heavy atom. The van der Waals surface area contributed by atoms with Crippen molar-refractivity contribution in [3.8, 4) is 5.69 Å². The van der Waals surface area contributed by atoms with Crippen molar-refractivity contribution in [3.05, 3.63) is 43.0 Å². The van der Waals surface area contributed by atoms with E-state index in [4.69, 9.17) is 5.73 Å². The van der Waals surface area contributed by atoms with Crippen LogP contribution in [-0.2, 0) is 4.79 Å². The van der Waals surface area contributed by atoms with Crippen molar-refractivity contribution in [3.63, 3.8) is 0 Å². The third-order valence-corrected chi connectivity index (χ3v) is 3.33. The molecule has 2 rings (SSSR count). The predicted octanol–water partition coefficient (Wildman–Crippen LogP) is 2.43. The maximum Gasteiger partial charge on any atom is 0.228 e. The van der Waals surface area contributed by atoms with Crippen LogP contribution in [0, 0.1) is 11.8 Å². The number of benzene rings is 1. The van der Waals surface area contributed by atoms with Crippen molar-refractivity contribution < 1.29 is 4.79 Å². The number of hydrogen-bond donors (Lipinski definition) is 2. The van der Waals surface area contributed by atoms with Gasteiger partial charge in [-0.3, -0.25) is 4.79 Å². The molecular weight excluding hydrogens is 264 g/mol. The van der Waals surface area contributed by atoms with Crippen molar-refractivity contribution >= 4 is 11.6 Å². The molecule has 1 amide bonds. The number of nitrogens with two attached hydrogens (primary N) is 1. The van der Waals surface area contributed by atoms with Crippen molar-refractivity contribution in [1.29, 1.82) is 0 Å². The molecule has 5 heteroatoms. The van der Waals surface area contributed by atoms with Crippen LogP contribution in [0.2, 0.25) is 0 Å². The second-order valence-corrected chi connectivity index (χ2v) is 5.57. The molecule has 3 N–H and O–H groups in total. The van der Waals surface area contributed by atoms with E-state index in [1.165, 1.54) is 0 Å². The van der Waals surface area contributed by atoms with Crippen LogP contribution in [0.1, 0.15) is 20.3 Å². The first-order chi connectivity index (χ1) is 10.1. The monoisotopic (exact) mass is 286 g/mol. The summed E-state index contributed by atoms with van der Waals surface area (Å²) in [5, 5.41) is 2.95. The fraction of sp³-hybridized carbons (Fsp3) is 0.375. The number of nitrogens with zero attached hydrogens (tertiary/aromatic N) is 2. The molecule has 0 saturated heterocycles. The molecule has 1 aromatic carbocycles. The Labute approximate surface area is 125 Å². The van der Waals surface area contributed by atoms with Gasteiger partial charge in [0.15, 0.2) is 0 Å². The van der Waals surface area contributed by atoms with Gasteiger partial charge in [-0.1, -0.05) is 19.9 Å². The topological polar surface area (TPSA) is 72.9 Å². The first-order valence-corrected chi connectivity index (χ1v) is 7.19. The smallest absolute Gasteiger partial charge is 0.228 e. The molecule has 1 aromatic heterocycles. The van der Waals surface area contributed by atoms with E-state index in [1.54, 1.807) is 12.5 Å². The van der Waals surface area contributed by atoms with Crippen LogP contribution in [0.25, 0.3) is 5.69 Å². The Bertz CT molecular complexity index is 578. The van der Waals surface area contributed by atoms with Crippen molar-refractivity contribution in [1.82, 2.24) is 9.55 Å². The third kappa shape index (κ3) is 4.16. The van der Waals surface area contributed by atoms with Gasteiger partial charge in [0.05, 0.1) is 12.2 Å². The van der Waals surface area contributed by atoms with Gasteiger partial charge >= 0.3 is 0 Å².